The molecule has 0 amide bonds. The topological polar surface area (TPSA) is 49.8 Å². The van der Waals surface area contributed by atoms with Crippen LogP contribution in [-0.4, -0.2) is 15.5 Å². The van der Waals surface area contributed by atoms with Crippen LogP contribution in [0.4, 0.5) is 10.2 Å². The molecule has 0 radical (unpaired) electrons. The highest BCUT2D eigenvalue weighted by Gasteiger charge is 2.13. The van der Waals surface area contributed by atoms with Gasteiger partial charge >= 0.3 is 0 Å². The zero-order chi connectivity index (χ0) is 15.5. The molecule has 0 spiro atoms. The molecular formula is C15H21FN4S. The van der Waals surface area contributed by atoms with Gasteiger partial charge in [0.25, 0.3) is 0 Å². The number of nitrogens with one attached hydrogen (secondary N) is 2. The molecule has 0 aliphatic rings. The Morgan fingerprint density at radius 3 is 2.67 bits per heavy atom. The standard InChI is InChI=1S/C15H21FN4S/c1-10-9-21-12(20-10)8-18-14-13(16)11(5-6-17-14)7-19-15(2,3)4/h5-6,9,19H,7-8H2,1-4H3,(H,17,18). The first kappa shape index (κ1) is 15.9. The molecule has 0 saturated heterocycles. The Morgan fingerprint density at radius 1 is 1.29 bits per heavy atom. The number of aromatic nitrogens is 2. The molecule has 6 heteroatoms. The largest absolute Gasteiger partial charge is 0.361 e. The van der Waals surface area contributed by atoms with Crippen LogP contribution in [0.1, 0.15) is 37.0 Å². The van der Waals surface area contributed by atoms with Crippen LogP contribution in [0, 0.1) is 12.7 Å². The molecule has 0 bridgehead atoms. The van der Waals surface area contributed by atoms with Gasteiger partial charge in [0.15, 0.2) is 11.6 Å². The van der Waals surface area contributed by atoms with E-state index in [1.165, 1.54) is 0 Å². The number of hydrogen-bond acceptors (Lipinski definition) is 5. The highest BCUT2D eigenvalue weighted by molar-refractivity contribution is 7.09. The maximum atomic E-state index is 14.4. The third-order valence-electron chi connectivity index (χ3n) is 2.85. The summed E-state index contributed by atoms with van der Waals surface area (Å²) in [6.07, 6.45) is 1.62. The van der Waals surface area contributed by atoms with Gasteiger partial charge in [0.1, 0.15) is 5.01 Å². The molecule has 2 N–H and O–H groups in total. The van der Waals surface area contributed by atoms with Crippen LogP contribution in [0.5, 0.6) is 0 Å². The van der Waals surface area contributed by atoms with Crippen molar-refractivity contribution in [2.24, 2.45) is 0 Å². The first-order valence-corrected chi connectivity index (χ1v) is 7.76. The van der Waals surface area contributed by atoms with E-state index in [-0.39, 0.29) is 17.2 Å². The monoisotopic (exact) mass is 308 g/mol. The van der Waals surface area contributed by atoms with E-state index >= 15 is 0 Å². The van der Waals surface area contributed by atoms with Crippen LogP contribution in [-0.2, 0) is 13.1 Å². The quantitative estimate of drug-likeness (QED) is 0.888. The molecule has 114 valence electrons. The van der Waals surface area contributed by atoms with Gasteiger partial charge in [-0.2, -0.15) is 0 Å². The lowest BCUT2D eigenvalue weighted by molar-refractivity contribution is 0.418. The van der Waals surface area contributed by atoms with Crippen LogP contribution in [0.3, 0.4) is 0 Å². The molecule has 0 saturated carbocycles. The fourth-order valence-electron chi connectivity index (χ4n) is 1.75. The zero-order valence-electron chi connectivity index (χ0n) is 12.8. The Morgan fingerprint density at radius 2 is 2.05 bits per heavy atom. The van der Waals surface area contributed by atoms with Crippen molar-refractivity contribution in [3.05, 3.63) is 39.7 Å². The summed E-state index contributed by atoms with van der Waals surface area (Å²) in [6.45, 7) is 9.06. The van der Waals surface area contributed by atoms with E-state index in [0.29, 0.717) is 18.7 Å². The van der Waals surface area contributed by atoms with Gasteiger partial charge in [-0.3, -0.25) is 0 Å². The lowest BCUT2D eigenvalue weighted by Crippen LogP contribution is -2.35. The first-order valence-electron chi connectivity index (χ1n) is 6.88. The van der Waals surface area contributed by atoms with E-state index in [4.69, 9.17) is 0 Å². The Hall–Kier alpha value is -1.53. The third kappa shape index (κ3) is 4.75. The third-order valence-corrected chi connectivity index (χ3v) is 3.82. The molecule has 2 heterocycles. The van der Waals surface area contributed by atoms with Crippen molar-refractivity contribution in [1.29, 1.82) is 0 Å². The zero-order valence-corrected chi connectivity index (χ0v) is 13.6. The van der Waals surface area contributed by atoms with E-state index in [2.05, 4.69) is 41.4 Å². The van der Waals surface area contributed by atoms with E-state index in [1.54, 1.807) is 23.6 Å². The van der Waals surface area contributed by atoms with E-state index in [1.807, 2.05) is 12.3 Å². The molecule has 4 nitrogen and oxygen atoms in total. The Labute approximate surface area is 128 Å². The van der Waals surface area contributed by atoms with Gasteiger partial charge in [0, 0.05) is 34.9 Å². The summed E-state index contributed by atoms with van der Waals surface area (Å²) in [6, 6.07) is 1.70. The second-order valence-electron chi connectivity index (χ2n) is 5.97. The van der Waals surface area contributed by atoms with Crippen molar-refractivity contribution < 1.29 is 4.39 Å². The number of nitrogens with zero attached hydrogens (tertiary/aromatic N) is 2. The molecule has 2 aromatic heterocycles. The van der Waals surface area contributed by atoms with Crippen LogP contribution >= 0.6 is 11.3 Å². The minimum Gasteiger partial charge on any atom is -0.361 e. The van der Waals surface area contributed by atoms with Crippen molar-refractivity contribution in [2.45, 2.75) is 46.3 Å². The number of halogens is 1. The average Bonchev–Trinajstić information content (AvgIpc) is 2.81. The molecule has 0 aromatic carbocycles. The molecule has 0 unspecified atom stereocenters. The summed E-state index contributed by atoms with van der Waals surface area (Å²) in [4.78, 5) is 8.41. The van der Waals surface area contributed by atoms with Gasteiger partial charge in [-0.25, -0.2) is 14.4 Å². The lowest BCUT2D eigenvalue weighted by Gasteiger charge is -2.21. The van der Waals surface area contributed by atoms with Crippen molar-refractivity contribution >= 4 is 17.2 Å². The van der Waals surface area contributed by atoms with Gasteiger partial charge in [-0.1, -0.05) is 0 Å². The predicted octanol–water partition coefficient (Wildman–Crippen LogP) is 3.49. The highest BCUT2D eigenvalue weighted by Crippen LogP contribution is 2.17. The van der Waals surface area contributed by atoms with Crippen molar-refractivity contribution in [3.63, 3.8) is 0 Å². The summed E-state index contributed by atoms with van der Waals surface area (Å²) in [5.41, 5.74) is 1.54. The summed E-state index contributed by atoms with van der Waals surface area (Å²) in [5, 5.41) is 9.19. The fourth-order valence-corrected chi connectivity index (χ4v) is 2.46. The van der Waals surface area contributed by atoms with Crippen LogP contribution < -0.4 is 10.6 Å². The van der Waals surface area contributed by atoms with Crippen LogP contribution in [0.15, 0.2) is 17.6 Å². The fraction of sp³-hybridized carbons (Fsp3) is 0.467. The number of hydrogen-bond donors (Lipinski definition) is 2. The maximum absolute atomic E-state index is 14.4. The van der Waals surface area contributed by atoms with Crippen LogP contribution in [0.2, 0.25) is 0 Å². The normalized spacial score (nSPS) is 11.7. The van der Waals surface area contributed by atoms with E-state index < -0.39 is 0 Å². The summed E-state index contributed by atoms with van der Waals surface area (Å²) in [5.74, 6) is -0.0291. The smallest absolute Gasteiger partial charge is 0.169 e. The van der Waals surface area contributed by atoms with E-state index in [0.717, 1.165) is 10.7 Å². The lowest BCUT2D eigenvalue weighted by atomic mass is 10.1. The Bertz CT molecular complexity index is 604. The summed E-state index contributed by atoms with van der Waals surface area (Å²) < 4.78 is 14.4. The van der Waals surface area contributed by atoms with Crippen molar-refractivity contribution in [1.82, 2.24) is 15.3 Å². The molecule has 2 aromatic rings. The Balaban J connectivity index is 2.03. The molecule has 0 fully saturated rings. The number of aryl methyl sites for hydroxylation is 1. The maximum Gasteiger partial charge on any atom is 0.169 e. The van der Waals surface area contributed by atoms with Gasteiger partial charge in [-0.05, 0) is 33.8 Å². The second kappa shape index (κ2) is 6.49. The molecule has 0 atom stereocenters. The minimum absolute atomic E-state index is 0.0539. The predicted molar refractivity (Wildman–Crippen MR) is 85.0 cm³/mol. The number of anilines is 1. The van der Waals surface area contributed by atoms with E-state index in [9.17, 15) is 4.39 Å². The summed E-state index contributed by atoms with van der Waals surface area (Å²) in [7, 11) is 0. The minimum atomic E-state index is -0.303. The van der Waals surface area contributed by atoms with Gasteiger partial charge in [-0.15, -0.1) is 11.3 Å². The Kier molecular flexibility index (Phi) is 4.90. The van der Waals surface area contributed by atoms with Crippen molar-refractivity contribution in [2.75, 3.05) is 5.32 Å². The SMILES string of the molecule is Cc1csc(CNc2nccc(CNC(C)(C)C)c2F)n1. The molecular weight excluding hydrogens is 287 g/mol. The average molecular weight is 308 g/mol. The van der Waals surface area contributed by atoms with Gasteiger partial charge in [0.05, 0.1) is 6.54 Å². The van der Waals surface area contributed by atoms with Gasteiger partial charge in [0.2, 0.25) is 0 Å². The summed E-state index contributed by atoms with van der Waals surface area (Å²) >= 11 is 1.56. The molecule has 0 aliphatic heterocycles. The second-order valence-corrected chi connectivity index (χ2v) is 6.92. The number of pyridine rings is 1. The molecule has 0 aliphatic carbocycles. The highest BCUT2D eigenvalue weighted by atomic mass is 32.1. The van der Waals surface area contributed by atoms with Crippen molar-refractivity contribution in [3.8, 4) is 0 Å². The number of rotatable bonds is 5. The first-order chi connectivity index (χ1) is 9.85. The van der Waals surface area contributed by atoms with Crippen LogP contribution in [0.25, 0.3) is 0 Å². The molecule has 21 heavy (non-hydrogen) atoms. The number of thiazole rings is 1. The van der Waals surface area contributed by atoms with Gasteiger partial charge < -0.3 is 10.6 Å². The molecule has 2 rings (SSSR count).